The minimum absolute atomic E-state index is 0.285. The van der Waals surface area contributed by atoms with Crippen molar-refractivity contribution in [3.8, 4) is 0 Å². The normalized spacial score (nSPS) is 16.7. The molecule has 0 heterocycles. The molecule has 10 heavy (non-hydrogen) atoms. The summed E-state index contributed by atoms with van der Waals surface area (Å²) >= 11 is 0. The summed E-state index contributed by atoms with van der Waals surface area (Å²) < 4.78 is 0. The van der Waals surface area contributed by atoms with E-state index in [4.69, 9.17) is 24.4 Å². The van der Waals surface area contributed by atoms with E-state index < -0.39 is 6.23 Å². The standard InChI is InChI=1S/C4H11BN2OS2/c5-3(6)1-9-10-2-4(7)8/h3-4,8H,1-2,6-7H2. The molecular weight excluding hydrogens is 167 g/mol. The topological polar surface area (TPSA) is 72.3 Å². The van der Waals surface area contributed by atoms with E-state index in [-0.39, 0.29) is 5.94 Å². The summed E-state index contributed by atoms with van der Waals surface area (Å²) in [5.74, 6) is 0.904. The third-order valence-corrected chi connectivity index (χ3v) is 3.06. The maximum absolute atomic E-state index is 8.60. The van der Waals surface area contributed by atoms with Crippen LogP contribution in [0.15, 0.2) is 0 Å². The minimum Gasteiger partial charge on any atom is -0.378 e. The molecule has 0 rings (SSSR count). The van der Waals surface area contributed by atoms with Crippen LogP contribution >= 0.6 is 21.6 Å². The van der Waals surface area contributed by atoms with Crippen molar-refractivity contribution in [1.82, 2.24) is 0 Å². The van der Waals surface area contributed by atoms with Crippen LogP contribution in [0, 0.1) is 0 Å². The summed E-state index contributed by atoms with van der Waals surface area (Å²) in [5, 5.41) is 8.60. The minimum atomic E-state index is -0.744. The number of hydrogen-bond acceptors (Lipinski definition) is 5. The van der Waals surface area contributed by atoms with Crippen LogP contribution in [0.25, 0.3) is 0 Å². The molecule has 0 aromatic rings. The molecule has 6 heteroatoms. The zero-order valence-corrected chi connectivity index (χ0v) is 7.20. The van der Waals surface area contributed by atoms with E-state index in [2.05, 4.69) is 0 Å². The van der Waals surface area contributed by atoms with E-state index in [0.717, 1.165) is 0 Å². The van der Waals surface area contributed by atoms with Crippen molar-refractivity contribution in [3.63, 3.8) is 0 Å². The molecule has 0 aromatic carbocycles. The maximum Gasteiger partial charge on any atom is 0.112 e. The van der Waals surface area contributed by atoms with Gasteiger partial charge >= 0.3 is 0 Å². The molecule has 0 saturated heterocycles. The van der Waals surface area contributed by atoms with Gasteiger partial charge in [0.2, 0.25) is 0 Å². The Morgan fingerprint density at radius 2 is 1.80 bits per heavy atom. The molecule has 0 aromatic heterocycles. The van der Waals surface area contributed by atoms with Gasteiger partial charge in [0.1, 0.15) is 6.23 Å². The summed E-state index contributed by atoms with van der Waals surface area (Å²) in [7, 11) is 8.25. The van der Waals surface area contributed by atoms with Crippen molar-refractivity contribution in [2.24, 2.45) is 11.5 Å². The summed E-state index contributed by atoms with van der Waals surface area (Å²) in [6.07, 6.45) is -0.744. The lowest BCUT2D eigenvalue weighted by Gasteiger charge is -2.05. The molecule has 0 fully saturated rings. The van der Waals surface area contributed by atoms with Gasteiger partial charge < -0.3 is 16.6 Å². The Balaban J connectivity index is 2.91. The molecular formula is C4H11BN2OS2. The van der Waals surface area contributed by atoms with Gasteiger partial charge in [-0.3, -0.25) is 0 Å². The second kappa shape index (κ2) is 6.36. The predicted octanol–water partition coefficient (Wildman–Crippen LogP) is -0.902. The van der Waals surface area contributed by atoms with E-state index in [1.54, 1.807) is 0 Å². The molecule has 0 saturated carbocycles. The Morgan fingerprint density at radius 1 is 1.30 bits per heavy atom. The van der Waals surface area contributed by atoms with Gasteiger partial charge in [0.05, 0.1) is 7.85 Å². The highest BCUT2D eigenvalue weighted by molar-refractivity contribution is 8.76. The van der Waals surface area contributed by atoms with E-state index in [1.165, 1.54) is 21.6 Å². The molecule has 5 N–H and O–H groups in total. The zero-order chi connectivity index (χ0) is 7.98. The molecule has 0 aliphatic rings. The Hall–Kier alpha value is 0.645. The van der Waals surface area contributed by atoms with Gasteiger partial charge in [-0.15, -0.1) is 0 Å². The molecule has 0 amide bonds. The second-order valence-corrected chi connectivity index (χ2v) is 4.35. The quantitative estimate of drug-likeness (QED) is 0.220. The van der Waals surface area contributed by atoms with Crippen molar-refractivity contribution in [2.45, 2.75) is 12.2 Å². The summed E-state index contributed by atoms with van der Waals surface area (Å²) in [4.78, 5) is 0. The number of aliphatic hydroxyl groups is 1. The Bertz CT molecular complexity index is 73.7. The van der Waals surface area contributed by atoms with Gasteiger partial charge in [-0.1, -0.05) is 21.6 Å². The van der Waals surface area contributed by atoms with Crippen LogP contribution in [0.2, 0.25) is 0 Å². The fourth-order valence-corrected chi connectivity index (χ4v) is 2.20. The van der Waals surface area contributed by atoms with Crippen molar-refractivity contribution >= 4 is 29.4 Å². The third kappa shape index (κ3) is 8.64. The summed E-state index contributed by atoms with van der Waals surface area (Å²) in [5.41, 5.74) is 10.3. The van der Waals surface area contributed by atoms with Gasteiger partial charge in [0.15, 0.2) is 0 Å². The smallest absolute Gasteiger partial charge is 0.112 e. The fraction of sp³-hybridized carbons (Fsp3) is 1.00. The zero-order valence-electron chi connectivity index (χ0n) is 5.56. The van der Waals surface area contributed by atoms with Gasteiger partial charge in [-0.05, 0) is 5.94 Å². The van der Waals surface area contributed by atoms with Crippen LogP contribution in [0.5, 0.6) is 0 Å². The van der Waals surface area contributed by atoms with Gasteiger partial charge in [0.25, 0.3) is 0 Å². The van der Waals surface area contributed by atoms with Crippen LogP contribution in [0.3, 0.4) is 0 Å². The highest BCUT2D eigenvalue weighted by Crippen LogP contribution is 2.20. The van der Waals surface area contributed by atoms with Crippen molar-refractivity contribution < 1.29 is 5.11 Å². The Labute approximate surface area is 70.1 Å². The first-order valence-electron chi connectivity index (χ1n) is 2.82. The van der Waals surface area contributed by atoms with Gasteiger partial charge in [0, 0.05) is 11.5 Å². The molecule has 0 bridgehead atoms. The van der Waals surface area contributed by atoms with E-state index >= 15 is 0 Å². The molecule has 3 nitrogen and oxygen atoms in total. The first-order chi connectivity index (χ1) is 4.63. The van der Waals surface area contributed by atoms with Crippen LogP contribution in [-0.4, -0.2) is 36.6 Å². The molecule has 2 unspecified atom stereocenters. The highest BCUT2D eigenvalue weighted by Gasteiger charge is 1.97. The van der Waals surface area contributed by atoms with E-state index in [0.29, 0.717) is 11.5 Å². The number of aliphatic hydroxyl groups excluding tert-OH is 1. The first-order valence-corrected chi connectivity index (χ1v) is 5.31. The molecule has 58 valence electrons. The second-order valence-electron chi connectivity index (χ2n) is 1.80. The van der Waals surface area contributed by atoms with Gasteiger partial charge in [-0.2, -0.15) is 0 Å². The monoisotopic (exact) mass is 178 g/mol. The molecule has 0 aliphatic heterocycles. The Morgan fingerprint density at radius 3 is 2.20 bits per heavy atom. The summed E-state index contributed by atoms with van der Waals surface area (Å²) in [6.45, 7) is 0. The number of hydrogen-bond donors (Lipinski definition) is 3. The predicted molar refractivity (Wildman–Crippen MR) is 48.8 cm³/mol. The van der Waals surface area contributed by atoms with E-state index in [9.17, 15) is 0 Å². The lowest BCUT2D eigenvalue weighted by molar-refractivity contribution is 0.208. The molecule has 2 radical (unpaired) electrons. The highest BCUT2D eigenvalue weighted by atomic mass is 33.1. The van der Waals surface area contributed by atoms with Crippen LogP contribution in [-0.2, 0) is 0 Å². The van der Waals surface area contributed by atoms with Crippen LogP contribution in [0.1, 0.15) is 0 Å². The average molecular weight is 178 g/mol. The Kier molecular flexibility index (Phi) is 6.77. The number of rotatable bonds is 5. The average Bonchev–Trinajstić information content (AvgIpc) is 1.79. The third-order valence-electron chi connectivity index (χ3n) is 0.583. The van der Waals surface area contributed by atoms with E-state index in [1.807, 2.05) is 0 Å². The van der Waals surface area contributed by atoms with Crippen LogP contribution < -0.4 is 11.5 Å². The van der Waals surface area contributed by atoms with Crippen LogP contribution in [0.4, 0.5) is 0 Å². The van der Waals surface area contributed by atoms with Crippen molar-refractivity contribution in [3.05, 3.63) is 0 Å². The largest absolute Gasteiger partial charge is 0.378 e. The molecule has 2 atom stereocenters. The fourth-order valence-electron chi connectivity index (χ4n) is 0.245. The lowest BCUT2D eigenvalue weighted by Crippen LogP contribution is -2.23. The molecule has 0 aliphatic carbocycles. The molecule has 0 spiro atoms. The lowest BCUT2D eigenvalue weighted by atomic mass is 10.0. The number of nitrogens with two attached hydrogens (primary N) is 2. The summed E-state index contributed by atoms with van der Waals surface area (Å²) in [6, 6.07) is 0. The van der Waals surface area contributed by atoms with Crippen molar-refractivity contribution in [2.75, 3.05) is 11.5 Å². The van der Waals surface area contributed by atoms with Crippen molar-refractivity contribution in [1.29, 1.82) is 0 Å². The first kappa shape index (κ1) is 10.6. The van der Waals surface area contributed by atoms with Gasteiger partial charge in [-0.25, -0.2) is 0 Å². The SMILES string of the molecule is [B]C(N)CSSCC(N)O. The maximum atomic E-state index is 8.60.